The minimum Gasteiger partial charge on any atom is -0.305 e. The molecule has 1 saturated heterocycles. The zero-order valence-electron chi connectivity index (χ0n) is 9.78. The van der Waals surface area contributed by atoms with Crippen molar-refractivity contribution >= 4 is 11.3 Å². The van der Waals surface area contributed by atoms with Gasteiger partial charge in [0.1, 0.15) is 5.01 Å². The highest BCUT2D eigenvalue weighted by Gasteiger charge is 2.45. The Morgan fingerprint density at radius 2 is 2.50 bits per heavy atom. The molecule has 2 fully saturated rings. The molecule has 1 aliphatic heterocycles. The first-order valence-corrected chi connectivity index (χ1v) is 7.11. The van der Waals surface area contributed by atoms with E-state index >= 15 is 0 Å². The Bertz CT molecular complexity index is 347. The lowest BCUT2D eigenvalue weighted by Gasteiger charge is -2.28. The molecular formula is C12H19N3S. The average molecular weight is 237 g/mol. The van der Waals surface area contributed by atoms with Gasteiger partial charge >= 0.3 is 0 Å². The molecule has 1 saturated carbocycles. The van der Waals surface area contributed by atoms with Crippen molar-refractivity contribution in [2.45, 2.75) is 37.8 Å². The summed E-state index contributed by atoms with van der Waals surface area (Å²) in [5.41, 5.74) is 0.144. The molecule has 2 aliphatic rings. The van der Waals surface area contributed by atoms with Gasteiger partial charge in [-0.1, -0.05) is 6.92 Å². The Morgan fingerprint density at radius 3 is 3.12 bits per heavy atom. The highest BCUT2D eigenvalue weighted by atomic mass is 32.1. The lowest BCUT2D eigenvalue weighted by Crippen LogP contribution is -2.44. The number of likely N-dealkylation sites (tertiary alicyclic amines) is 1. The molecular weight excluding hydrogens is 218 g/mol. The van der Waals surface area contributed by atoms with Crippen molar-refractivity contribution in [3.05, 3.63) is 16.6 Å². The van der Waals surface area contributed by atoms with E-state index < -0.39 is 0 Å². The molecule has 4 heteroatoms. The van der Waals surface area contributed by atoms with Crippen LogP contribution in [0.5, 0.6) is 0 Å². The first-order valence-electron chi connectivity index (χ1n) is 6.23. The summed E-state index contributed by atoms with van der Waals surface area (Å²) in [6.07, 6.45) is 5.95. The van der Waals surface area contributed by atoms with Crippen molar-refractivity contribution in [1.82, 2.24) is 15.2 Å². The minimum atomic E-state index is 0.144. The summed E-state index contributed by atoms with van der Waals surface area (Å²) >= 11 is 1.79. The molecule has 1 aromatic heterocycles. The van der Waals surface area contributed by atoms with E-state index in [1.165, 1.54) is 30.8 Å². The number of hydrogen-bond acceptors (Lipinski definition) is 4. The Hall–Kier alpha value is -0.450. The van der Waals surface area contributed by atoms with Gasteiger partial charge in [0.2, 0.25) is 0 Å². The fraction of sp³-hybridized carbons (Fsp3) is 0.750. The Kier molecular flexibility index (Phi) is 2.73. The fourth-order valence-electron chi connectivity index (χ4n) is 2.78. The highest BCUT2D eigenvalue weighted by Crippen LogP contribution is 2.38. The zero-order chi connectivity index (χ0) is 11.0. The molecule has 88 valence electrons. The largest absolute Gasteiger partial charge is 0.305 e. The van der Waals surface area contributed by atoms with E-state index in [0.29, 0.717) is 0 Å². The summed E-state index contributed by atoms with van der Waals surface area (Å²) in [6, 6.07) is 0.875. The quantitative estimate of drug-likeness (QED) is 0.866. The molecule has 1 atom stereocenters. The maximum absolute atomic E-state index is 4.53. The van der Waals surface area contributed by atoms with Crippen molar-refractivity contribution in [2.75, 3.05) is 19.6 Å². The van der Waals surface area contributed by atoms with Gasteiger partial charge in [-0.25, -0.2) is 4.98 Å². The molecule has 1 unspecified atom stereocenters. The second-order valence-corrected chi connectivity index (χ2v) is 5.80. The topological polar surface area (TPSA) is 28.2 Å². The summed E-state index contributed by atoms with van der Waals surface area (Å²) in [6.45, 7) is 5.60. The predicted molar refractivity (Wildman–Crippen MR) is 66.7 cm³/mol. The molecule has 0 radical (unpaired) electrons. The molecule has 3 rings (SSSR count). The molecule has 3 nitrogen and oxygen atoms in total. The van der Waals surface area contributed by atoms with Gasteiger partial charge in [-0.15, -0.1) is 11.3 Å². The van der Waals surface area contributed by atoms with Gasteiger partial charge in [0.15, 0.2) is 0 Å². The van der Waals surface area contributed by atoms with Crippen molar-refractivity contribution in [3.63, 3.8) is 0 Å². The van der Waals surface area contributed by atoms with E-state index in [2.05, 4.69) is 27.5 Å². The standard InChI is InChI=1S/C12H19N3S/c1-2-14-12(11-13-6-8-16-11)5-7-15(9-12)10-3-4-10/h6,8,10,14H,2-5,7,9H2,1H3. The summed E-state index contributed by atoms with van der Waals surface area (Å²) in [4.78, 5) is 7.18. The van der Waals surface area contributed by atoms with Crippen LogP contribution >= 0.6 is 11.3 Å². The normalized spacial score (nSPS) is 31.1. The maximum Gasteiger partial charge on any atom is 0.114 e. The Morgan fingerprint density at radius 1 is 1.62 bits per heavy atom. The number of nitrogens with one attached hydrogen (secondary N) is 1. The molecule has 0 bridgehead atoms. The second-order valence-electron chi connectivity index (χ2n) is 4.90. The highest BCUT2D eigenvalue weighted by molar-refractivity contribution is 7.09. The van der Waals surface area contributed by atoms with Crippen LogP contribution in [-0.4, -0.2) is 35.6 Å². The second kappa shape index (κ2) is 4.09. The third-order valence-electron chi connectivity index (χ3n) is 3.72. The maximum atomic E-state index is 4.53. The minimum absolute atomic E-state index is 0.144. The van der Waals surface area contributed by atoms with Gasteiger partial charge in [0.05, 0.1) is 5.54 Å². The van der Waals surface area contributed by atoms with Crippen LogP contribution in [0.15, 0.2) is 11.6 Å². The monoisotopic (exact) mass is 237 g/mol. The SMILES string of the molecule is CCNC1(c2nccs2)CCN(C2CC2)C1. The van der Waals surface area contributed by atoms with E-state index in [1.54, 1.807) is 11.3 Å². The van der Waals surface area contributed by atoms with E-state index in [1.807, 2.05) is 6.20 Å². The van der Waals surface area contributed by atoms with Gasteiger partial charge < -0.3 is 5.32 Å². The van der Waals surface area contributed by atoms with Crippen LogP contribution in [0.1, 0.15) is 31.2 Å². The number of aromatic nitrogens is 1. The van der Waals surface area contributed by atoms with Crippen molar-refractivity contribution in [3.8, 4) is 0 Å². The third-order valence-corrected chi connectivity index (χ3v) is 4.70. The van der Waals surface area contributed by atoms with E-state index in [4.69, 9.17) is 0 Å². The van der Waals surface area contributed by atoms with Gasteiger partial charge in [0.25, 0.3) is 0 Å². The number of likely N-dealkylation sites (N-methyl/N-ethyl adjacent to an activating group) is 1. The molecule has 1 N–H and O–H groups in total. The number of hydrogen-bond donors (Lipinski definition) is 1. The molecule has 1 aliphatic carbocycles. The first-order chi connectivity index (χ1) is 7.84. The van der Waals surface area contributed by atoms with E-state index in [9.17, 15) is 0 Å². The van der Waals surface area contributed by atoms with Crippen molar-refractivity contribution in [1.29, 1.82) is 0 Å². The lowest BCUT2D eigenvalue weighted by molar-refractivity contribution is 0.277. The molecule has 1 aromatic rings. The Balaban J connectivity index is 1.81. The summed E-state index contributed by atoms with van der Waals surface area (Å²) in [7, 11) is 0. The van der Waals surface area contributed by atoms with E-state index in [-0.39, 0.29) is 5.54 Å². The molecule has 0 amide bonds. The van der Waals surface area contributed by atoms with Crippen LogP contribution in [-0.2, 0) is 5.54 Å². The van der Waals surface area contributed by atoms with Gasteiger partial charge in [0, 0.05) is 30.7 Å². The zero-order valence-corrected chi connectivity index (χ0v) is 10.6. The van der Waals surface area contributed by atoms with Crippen molar-refractivity contribution in [2.24, 2.45) is 0 Å². The van der Waals surface area contributed by atoms with Gasteiger partial charge in [-0.05, 0) is 25.8 Å². The van der Waals surface area contributed by atoms with Crippen molar-refractivity contribution < 1.29 is 0 Å². The number of thiazole rings is 1. The van der Waals surface area contributed by atoms with E-state index in [0.717, 1.165) is 19.1 Å². The predicted octanol–water partition coefficient (Wildman–Crippen LogP) is 1.82. The molecule has 16 heavy (non-hydrogen) atoms. The third kappa shape index (κ3) is 1.79. The van der Waals surface area contributed by atoms with Crippen LogP contribution in [0.4, 0.5) is 0 Å². The Labute approximate surface area is 101 Å². The smallest absolute Gasteiger partial charge is 0.114 e. The van der Waals surface area contributed by atoms with Crippen LogP contribution in [0, 0.1) is 0 Å². The lowest BCUT2D eigenvalue weighted by atomic mass is 9.99. The van der Waals surface area contributed by atoms with Gasteiger partial charge in [-0.2, -0.15) is 0 Å². The van der Waals surface area contributed by atoms with Crippen LogP contribution < -0.4 is 5.32 Å². The number of nitrogens with zero attached hydrogens (tertiary/aromatic N) is 2. The summed E-state index contributed by atoms with van der Waals surface area (Å²) < 4.78 is 0. The summed E-state index contributed by atoms with van der Waals surface area (Å²) in [5, 5.41) is 7.05. The van der Waals surface area contributed by atoms with Gasteiger partial charge in [-0.3, -0.25) is 4.90 Å². The summed E-state index contributed by atoms with van der Waals surface area (Å²) in [5.74, 6) is 0. The van der Waals surface area contributed by atoms with Crippen LogP contribution in [0.3, 0.4) is 0 Å². The molecule has 2 heterocycles. The van der Waals surface area contributed by atoms with Crippen LogP contribution in [0.25, 0.3) is 0 Å². The first kappa shape index (κ1) is 10.7. The molecule has 0 spiro atoms. The fourth-order valence-corrected chi connectivity index (χ4v) is 3.62. The number of rotatable bonds is 4. The molecule has 0 aromatic carbocycles. The average Bonchev–Trinajstić information content (AvgIpc) is 2.82. The van der Waals surface area contributed by atoms with Crippen LogP contribution in [0.2, 0.25) is 0 Å².